The van der Waals surface area contributed by atoms with Gasteiger partial charge in [0, 0.05) is 12.6 Å². The summed E-state index contributed by atoms with van der Waals surface area (Å²) in [5, 5.41) is 8.76. The minimum atomic E-state index is -0.712. The Morgan fingerprint density at radius 1 is 1.10 bits per heavy atom. The van der Waals surface area contributed by atoms with Crippen molar-refractivity contribution in [2.45, 2.75) is 26.4 Å². The second-order valence-corrected chi connectivity index (χ2v) is 5.11. The molecule has 21 heavy (non-hydrogen) atoms. The molecular weight excluding hydrogens is 270 g/mol. The number of benzene rings is 2. The molecule has 0 saturated heterocycles. The molecule has 4 heteroatoms. The van der Waals surface area contributed by atoms with Crippen LogP contribution in [0.5, 0.6) is 0 Å². The van der Waals surface area contributed by atoms with Crippen molar-refractivity contribution in [3.05, 3.63) is 65.2 Å². The smallest absolute Gasteiger partial charge is 0.150 e. The van der Waals surface area contributed by atoms with Crippen LogP contribution in [0.2, 0.25) is 0 Å². The zero-order chi connectivity index (χ0) is 15.4. The molecule has 0 atom stereocenters. The largest absolute Gasteiger partial charge is 0.360 e. The summed E-state index contributed by atoms with van der Waals surface area (Å²) in [4.78, 5) is 1.65. The summed E-state index contributed by atoms with van der Waals surface area (Å²) in [6.45, 7) is 4.15. The number of nitrogens with zero attached hydrogens (tertiary/aromatic N) is 2. The molecule has 0 saturated carbocycles. The van der Waals surface area contributed by atoms with Crippen LogP contribution < -0.4 is 4.90 Å². The van der Waals surface area contributed by atoms with E-state index in [-0.39, 0.29) is 17.3 Å². The summed E-state index contributed by atoms with van der Waals surface area (Å²) in [5.74, 6) is -1.42. The summed E-state index contributed by atoms with van der Waals surface area (Å²) in [6, 6.07) is 13.3. The van der Waals surface area contributed by atoms with E-state index >= 15 is 0 Å². The van der Waals surface area contributed by atoms with Crippen LogP contribution in [0.25, 0.3) is 0 Å². The summed E-state index contributed by atoms with van der Waals surface area (Å²) in [5.41, 5.74) is 0.861. The van der Waals surface area contributed by atoms with Gasteiger partial charge in [0.2, 0.25) is 0 Å². The molecule has 0 fully saturated rings. The first kappa shape index (κ1) is 15.0. The van der Waals surface area contributed by atoms with Crippen LogP contribution in [-0.2, 0) is 6.54 Å². The lowest BCUT2D eigenvalue weighted by molar-refractivity contribution is 0.553. The SMILES string of the molecule is CC(C)N(Cc1ccccc1)c1c(F)cc(C#N)cc1F. The van der Waals surface area contributed by atoms with E-state index in [1.54, 1.807) is 11.0 Å². The Balaban J connectivity index is 2.42. The Labute approximate surface area is 123 Å². The minimum absolute atomic E-state index is 0.0165. The van der Waals surface area contributed by atoms with Gasteiger partial charge in [-0.1, -0.05) is 30.3 Å². The molecule has 0 aliphatic rings. The van der Waals surface area contributed by atoms with E-state index in [4.69, 9.17) is 5.26 Å². The highest BCUT2D eigenvalue weighted by molar-refractivity contribution is 5.53. The number of halogens is 2. The highest BCUT2D eigenvalue weighted by atomic mass is 19.1. The maximum atomic E-state index is 14.2. The van der Waals surface area contributed by atoms with Crippen molar-refractivity contribution >= 4 is 5.69 Å². The third-order valence-corrected chi connectivity index (χ3v) is 3.25. The molecule has 0 spiro atoms. The molecule has 108 valence electrons. The monoisotopic (exact) mass is 286 g/mol. The van der Waals surface area contributed by atoms with Crippen molar-refractivity contribution in [3.63, 3.8) is 0 Å². The van der Waals surface area contributed by atoms with E-state index < -0.39 is 11.6 Å². The van der Waals surface area contributed by atoms with Crippen molar-refractivity contribution in [1.29, 1.82) is 5.26 Å². The standard InChI is InChI=1S/C17H16F2N2/c1-12(2)21(11-13-6-4-3-5-7-13)17-15(18)8-14(10-20)9-16(17)19/h3-9,12H,11H2,1-2H3. The summed E-state index contributed by atoms with van der Waals surface area (Å²) >= 11 is 0. The summed E-state index contributed by atoms with van der Waals surface area (Å²) < 4.78 is 28.4. The number of anilines is 1. The van der Waals surface area contributed by atoms with Gasteiger partial charge in [-0.3, -0.25) is 0 Å². The third kappa shape index (κ3) is 3.38. The molecule has 0 bridgehead atoms. The summed E-state index contributed by atoms with van der Waals surface area (Å²) in [7, 11) is 0. The molecule has 0 amide bonds. The van der Waals surface area contributed by atoms with E-state index in [1.165, 1.54) is 0 Å². The number of hydrogen-bond donors (Lipinski definition) is 0. The van der Waals surface area contributed by atoms with Crippen LogP contribution in [-0.4, -0.2) is 6.04 Å². The van der Waals surface area contributed by atoms with E-state index in [9.17, 15) is 8.78 Å². The van der Waals surface area contributed by atoms with Crippen molar-refractivity contribution < 1.29 is 8.78 Å². The van der Waals surface area contributed by atoms with Gasteiger partial charge in [-0.15, -0.1) is 0 Å². The molecule has 2 rings (SSSR count). The van der Waals surface area contributed by atoms with Crippen molar-refractivity contribution in [2.24, 2.45) is 0 Å². The Morgan fingerprint density at radius 3 is 2.14 bits per heavy atom. The lowest BCUT2D eigenvalue weighted by Crippen LogP contribution is -2.31. The molecule has 2 aromatic carbocycles. The van der Waals surface area contributed by atoms with E-state index in [0.29, 0.717) is 6.54 Å². The molecule has 0 radical (unpaired) electrons. The number of hydrogen-bond acceptors (Lipinski definition) is 2. The molecule has 2 nitrogen and oxygen atoms in total. The van der Waals surface area contributed by atoms with Crippen LogP contribution in [0.3, 0.4) is 0 Å². The van der Waals surface area contributed by atoms with Gasteiger partial charge < -0.3 is 4.90 Å². The van der Waals surface area contributed by atoms with Gasteiger partial charge in [-0.2, -0.15) is 5.26 Å². The normalized spacial score (nSPS) is 10.5. The second-order valence-electron chi connectivity index (χ2n) is 5.11. The summed E-state index contributed by atoms with van der Waals surface area (Å²) in [6.07, 6.45) is 0. The predicted molar refractivity (Wildman–Crippen MR) is 78.8 cm³/mol. The third-order valence-electron chi connectivity index (χ3n) is 3.25. The molecule has 0 aliphatic heterocycles. The van der Waals surface area contributed by atoms with Crippen molar-refractivity contribution in [1.82, 2.24) is 0 Å². The van der Waals surface area contributed by atoms with Gasteiger partial charge in [-0.25, -0.2) is 8.78 Å². The van der Waals surface area contributed by atoms with E-state index in [2.05, 4.69) is 0 Å². The zero-order valence-corrected chi connectivity index (χ0v) is 12.0. The van der Waals surface area contributed by atoms with Crippen LogP contribution in [0, 0.1) is 23.0 Å². The van der Waals surface area contributed by atoms with Gasteiger partial charge in [0.05, 0.1) is 11.6 Å². The first-order valence-electron chi connectivity index (χ1n) is 6.72. The Hall–Kier alpha value is -2.41. The van der Waals surface area contributed by atoms with Crippen LogP contribution in [0.4, 0.5) is 14.5 Å². The van der Waals surface area contributed by atoms with Gasteiger partial charge in [-0.05, 0) is 31.5 Å². The van der Waals surface area contributed by atoms with E-state index in [0.717, 1.165) is 17.7 Å². The maximum Gasteiger partial charge on any atom is 0.150 e. The topological polar surface area (TPSA) is 27.0 Å². The van der Waals surface area contributed by atoms with Crippen LogP contribution >= 0.6 is 0 Å². The quantitative estimate of drug-likeness (QED) is 0.840. The van der Waals surface area contributed by atoms with Crippen molar-refractivity contribution in [2.75, 3.05) is 4.90 Å². The highest BCUT2D eigenvalue weighted by Gasteiger charge is 2.20. The molecule has 0 N–H and O–H groups in total. The molecule has 2 aromatic rings. The molecule has 0 unspecified atom stereocenters. The zero-order valence-electron chi connectivity index (χ0n) is 12.0. The van der Waals surface area contributed by atoms with Crippen molar-refractivity contribution in [3.8, 4) is 6.07 Å². The van der Waals surface area contributed by atoms with Gasteiger partial charge in [0.1, 0.15) is 5.69 Å². The van der Waals surface area contributed by atoms with Gasteiger partial charge in [0.15, 0.2) is 11.6 Å². The lowest BCUT2D eigenvalue weighted by Gasteiger charge is -2.30. The van der Waals surface area contributed by atoms with Gasteiger partial charge in [0.25, 0.3) is 0 Å². The highest BCUT2D eigenvalue weighted by Crippen LogP contribution is 2.28. The first-order chi connectivity index (χ1) is 10.0. The van der Waals surface area contributed by atoms with Crippen LogP contribution in [0.1, 0.15) is 25.0 Å². The second kappa shape index (κ2) is 6.36. The average molecular weight is 286 g/mol. The fraction of sp³-hybridized carbons (Fsp3) is 0.235. The minimum Gasteiger partial charge on any atom is -0.360 e. The lowest BCUT2D eigenvalue weighted by atomic mass is 10.1. The fourth-order valence-corrected chi connectivity index (χ4v) is 2.20. The number of nitriles is 1. The average Bonchev–Trinajstić information content (AvgIpc) is 2.46. The van der Waals surface area contributed by atoms with Gasteiger partial charge >= 0.3 is 0 Å². The Morgan fingerprint density at radius 2 is 1.67 bits per heavy atom. The Bertz CT molecular complexity index is 637. The van der Waals surface area contributed by atoms with E-state index in [1.807, 2.05) is 44.2 Å². The molecular formula is C17H16F2N2. The maximum absolute atomic E-state index is 14.2. The first-order valence-corrected chi connectivity index (χ1v) is 6.72. The Kier molecular flexibility index (Phi) is 4.54. The molecule has 0 aliphatic carbocycles. The predicted octanol–water partition coefficient (Wildman–Crippen LogP) is 4.25. The van der Waals surface area contributed by atoms with Crippen LogP contribution in [0.15, 0.2) is 42.5 Å². The fourth-order valence-electron chi connectivity index (χ4n) is 2.20. The number of rotatable bonds is 4. The molecule has 0 aromatic heterocycles. The molecule has 0 heterocycles.